The molecule has 1 saturated heterocycles. The van der Waals surface area contributed by atoms with Gasteiger partial charge in [0.2, 0.25) is 0 Å². The van der Waals surface area contributed by atoms with E-state index in [0.717, 1.165) is 33.3 Å². The summed E-state index contributed by atoms with van der Waals surface area (Å²) in [5, 5.41) is 11.3. The van der Waals surface area contributed by atoms with Crippen LogP contribution in [0.25, 0.3) is 5.76 Å². The third-order valence-electron chi connectivity index (χ3n) is 5.98. The van der Waals surface area contributed by atoms with Gasteiger partial charge < -0.3 is 14.7 Å². The van der Waals surface area contributed by atoms with E-state index in [9.17, 15) is 14.7 Å². The molecule has 1 fully saturated rings. The average molecular weight is 505 g/mol. The van der Waals surface area contributed by atoms with Crippen LogP contribution in [-0.4, -0.2) is 32.8 Å². The smallest absolute Gasteiger partial charge is 0.295 e. The predicted octanol–water partition coefficient (Wildman–Crippen LogP) is 4.79. The molecule has 2 aliphatic heterocycles. The number of ether oxygens (including phenoxy) is 1. The van der Waals surface area contributed by atoms with E-state index in [0.29, 0.717) is 5.56 Å². The monoisotopic (exact) mass is 504 g/mol. The number of benzene rings is 2. The van der Waals surface area contributed by atoms with E-state index in [1.54, 1.807) is 36.7 Å². The fourth-order valence-corrected chi connectivity index (χ4v) is 4.89. The standard InChI is InChI=1S/C26H21BrN2O4/c1-15-11-19-12-18(5-6-21(19)33-15)24(30)22-23(17-3-2-4-20(27)13-17)29(26(32)25(22)31)14-16-7-9-28-10-8-16/h2-10,12-13,15,23,30H,11,14H2,1H3. The van der Waals surface area contributed by atoms with Gasteiger partial charge in [-0.1, -0.05) is 28.1 Å². The SMILES string of the molecule is CC1Cc2cc(C(O)=C3C(=O)C(=O)N(Cc4ccncc4)C3c3cccc(Br)c3)ccc2O1. The highest BCUT2D eigenvalue weighted by molar-refractivity contribution is 9.10. The lowest BCUT2D eigenvalue weighted by molar-refractivity contribution is -0.140. The van der Waals surface area contributed by atoms with Gasteiger partial charge in [0.05, 0.1) is 11.6 Å². The second kappa shape index (κ2) is 8.48. The third-order valence-corrected chi connectivity index (χ3v) is 6.47. The molecule has 2 aromatic carbocycles. The molecule has 3 aromatic rings. The quantitative estimate of drug-likeness (QED) is 0.314. The zero-order chi connectivity index (χ0) is 23.1. The molecule has 6 nitrogen and oxygen atoms in total. The summed E-state index contributed by atoms with van der Waals surface area (Å²) in [6.45, 7) is 2.20. The number of nitrogens with zero attached hydrogens (tertiary/aromatic N) is 2. The number of aromatic nitrogens is 1. The molecule has 2 aliphatic rings. The minimum Gasteiger partial charge on any atom is -0.507 e. The van der Waals surface area contributed by atoms with Crippen LogP contribution in [0.5, 0.6) is 5.75 Å². The Labute approximate surface area is 199 Å². The number of hydrogen-bond donors (Lipinski definition) is 1. The van der Waals surface area contributed by atoms with Crippen molar-refractivity contribution in [1.29, 1.82) is 0 Å². The van der Waals surface area contributed by atoms with Crippen LogP contribution < -0.4 is 4.74 Å². The summed E-state index contributed by atoms with van der Waals surface area (Å²) < 4.78 is 6.57. The Kier molecular flexibility index (Phi) is 5.50. The van der Waals surface area contributed by atoms with Gasteiger partial charge >= 0.3 is 0 Å². The number of Topliss-reactive ketones (excluding diaryl/α,β-unsaturated/α-hetero) is 1. The summed E-state index contributed by atoms with van der Waals surface area (Å²) in [5.41, 5.74) is 3.12. The highest BCUT2D eigenvalue weighted by Gasteiger charge is 2.46. The highest BCUT2D eigenvalue weighted by Crippen LogP contribution is 2.41. The number of ketones is 1. The van der Waals surface area contributed by atoms with Crippen molar-refractivity contribution in [2.75, 3.05) is 0 Å². The largest absolute Gasteiger partial charge is 0.507 e. The number of aliphatic hydroxyl groups is 1. The molecule has 2 atom stereocenters. The third kappa shape index (κ3) is 3.93. The maximum Gasteiger partial charge on any atom is 0.295 e. The normalized spacial score (nSPS) is 21.2. The summed E-state index contributed by atoms with van der Waals surface area (Å²) in [4.78, 5) is 31.9. The zero-order valence-corrected chi connectivity index (χ0v) is 19.5. The summed E-state index contributed by atoms with van der Waals surface area (Å²) in [6.07, 6.45) is 4.08. The minimum atomic E-state index is -0.723. The Bertz CT molecular complexity index is 1290. The molecule has 33 heavy (non-hydrogen) atoms. The van der Waals surface area contributed by atoms with E-state index < -0.39 is 17.7 Å². The number of fused-ring (bicyclic) bond motifs is 1. The van der Waals surface area contributed by atoms with E-state index in [2.05, 4.69) is 20.9 Å². The maximum atomic E-state index is 13.2. The van der Waals surface area contributed by atoms with Gasteiger partial charge in [0.1, 0.15) is 17.6 Å². The predicted molar refractivity (Wildman–Crippen MR) is 126 cm³/mol. The van der Waals surface area contributed by atoms with Crippen molar-refractivity contribution in [1.82, 2.24) is 9.88 Å². The lowest BCUT2D eigenvalue weighted by Gasteiger charge is -2.25. The van der Waals surface area contributed by atoms with Gasteiger partial charge in [0, 0.05) is 35.4 Å². The van der Waals surface area contributed by atoms with Crippen LogP contribution in [0.2, 0.25) is 0 Å². The maximum absolute atomic E-state index is 13.2. The Balaban J connectivity index is 1.64. The van der Waals surface area contributed by atoms with Gasteiger partial charge in [-0.3, -0.25) is 14.6 Å². The first-order valence-electron chi connectivity index (χ1n) is 10.6. The molecular weight excluding hydrogens is 484 g/mol. The molecule has 5 rings (SSSR count). The van der Waals surface area contributed by atoms with Gasteiger partial charge in [0.25, 0.3) is 11.7 Å². The van der Waals surface area contributed by atoms with Crippen LogP contribution in [0.4, 0.5) is 0 Å². The van der Waals surface area contributed by atoms with E-state index in [-0.39, 0.29) is 24.0 Å². The van der Waals surface area contributed by atoms with Crippen molar-refractivity contribution in [2.45, 2.75) is 32.0 Å². The molecule has 2 unspecified atom stereocenters. The number of aliphatic hydroxyl groups excluding tert-OH is 1. The molecule has 1 aromatic heterocycles. The van der Waals surface area contributed by atoms with Gasteiger partial charge in [-0.2, -0.15) is 0 Å². The first kappa shape index (κ1) is 21.4. The second-order valence-corrected chi connectivity index (χ2v) is 9.21. The van der Waals surface area contributed by atoms with Gasteiger partial charge in [-0.05, 0) is 66.1 Å². The number of hydrogen-bond acceptors (Lipinski definition) is 5. The fraction of sp³-hybridized carbons (Fsp3) is 0.192. The zero-order valence-electron chi connectivity index (χ0n) is 17.9. The number of rotatable bonds is 4. The molecule has 7 heteroatoms. The first-order valence-corrected chi connectivity index (χ1v) is 11.4. The van der Waals surface area contributed by atoms with E-state index in [1.165, 1.54) is 4.90 Å². The van der Waals surface area contributed by atoms with Crippen LogP contribution in [0, 0.1) is 0 Å². The fourth-order valence-electron chi connectivity index (χ4n) is 4.48. The van der Waals surface area contributed by atoms with Crippen molar-refractivity contribution in [2.24, 2.45) is 0 Å². The number of amides is 1. The van der Waals surface area contributed by atoms with Crippen LogP contribution in [-0.2, 0) is 22.6 Å². The molecule has 0 saturated carbocycles. The number of pyridine rings is 1. The molecule has 1 N–H and O–H groups in total. The van der Waals surface area contributed by atoms with Crippen molar-refractivity contribution in [3.05, 3.63) is 99.3 Å². The highest BCUT2D eigenvalue weighted by atomic mass is 79.9. The van der Waals surface area contributed by atoms with Crippen LogP contribution in [0.15, 0.2) is 77.0 Å². The molecule has 0 spiro atoms. The van der Waals surface area contributed by atoms with E-state index >= 15 is 0 Å². The second-order valence-electron chi connectivity index (χ2n) is 8.29. The molecule has 166 valence electrons. The van der Waals surface area contributed by atoms with Crippen molar-refractivity contribution in [3.8, 4) is 5.75 Å². The molecule has 3 heterocycles. The Hall–Kier alpha value is -3.45. The molecular formula is C26H21BrN2O4. The molecule has 1 amide bonds. The van der Waals surface area contributed by atoms with E-state index in [4.69, 9.17) is 4.74 Å². The lowest BCUT2D eigenvalue weighted by atomic mass is 9.94. The number of halogens is 1. The van der Waals surface area contributed by atoms with Gasteiger partial charge in [0.15, 0.2) is 0 Å². The van der Waals surface area contributed by atoms with Crippen molar-refractivity contribution < 1.29 is 19.4 Å². The first-order chi connectivity index (χ1) is 15.9. The summed E-state index contributed by atoms with van der Waals surface area (Å²) >= 11 is 3.48. The Morgan fingerprint density at radius 3 is 2.70 bits per heavy atom. The number of likely N-dealkylation sites (tertiary alicyclic amines) is 1. The van der Waals surface area contributed by atoms with Crippen LogP contribution in [0.1, 0.15) is 35.2 Å². The summed E-state index contributed by atoms with van der Waals surface area (Å²) in [5.74, 6) is -0.744. The summed E-state index contributed by atoms with van der Waals surface area (Å²) in [7, 11) is 0. The minimum absolute atomic E-state index is 0.0602. The van der Waals surface area contributed by atoms with Crippen molar-refractivity contribution in [3.63, 3.8) is 0 Å². The average Bonchev–Trinajstić information content (AvgIpc) is 3.30. The Morgan fingerprint density at radius 1 is 1.15 bits per heavy atom. The van der Waals surface area contributed by atoms with E-state index in [1.807, 2.05) is 37.3 Å². The number of carbonyl (C=O) groups excluding carboxylic acids is 2. The van der Waals surface area contributed by atoms with Crippen molar-refractivity contribution >= 4 is 33.4 Å². The molecule has 0 bridgehead atoms. The Morgan fingerprint density at radius 2 is 1.94 bits per heavy atom. The summed E-state index contributed by atoms with van der Waals surface area (Å²) in [6, 6.07) is 15.7. The lowest BCUT2D eigenvalue weighted by Crippen LogP contribution is -2.29. The number of carbonyl (C=O) groups is 2. The topological polar surface area (TPSA) is 79.7 Å². The molecule has 0 aliphatic carbocycles. The van der Waals surface area contributed by atoms with Crippen LogP contribution in [0.3, 0.4) is 0 Å². The van der Waals surface area contributed by atoms with Gasteiger partial charge in [-0.15, -0.1) is 0 Å². The van der Waals surface area contributed by atoms with Gasteiger partial charge in [-0.25, -0.2) is 0 Å². The van der Waals surface area contributed by atoms with Crippen LogP contribution >= 0.6 is 15.9 Å². The molecule has 0 radical (unpaired) electrons.